The monoisotopic (exact) mass is 292 g/mol. The molecule has 0 atom stereocenters. The molecule has 0 N–H and O–H groups in total. The highest BCUT2D eigenvalue weighted by molar-refractivity contribution is 6.15. The summed E-state index contributed by atoms with van der Waals surface area (Å²) in [6, 6.07) is 30.8. The van der Waals surface area contributed by atoms with Crippen LogP contribution in [0.3, 0.4) is 0 Å². The molecule has 0 radical (unpaired) electrons. The first-order valence-corrected chi connectivity index (χ1v) is 8.10. The molecule has 0 saturated carbocycles. The van der Waals surface area contributed by atoms with Crippen LogP contribution in [0.15, 0.2) is 84.9 Å². The maximum Gasteiger partial charge on any atom is -0.00196 e. The summed E-state index contributed by atoms with van der Waals surface area (Å²) < 4.78 is 0. The van der Waals surface area contributed by atoms with Crippen LogP contribution >= 0.6 is 0 Å². The van der Waals surface area contributed by atoms with Crippen molar-refractivity contribution in [3.8, 4) is 22.3 Å². The third-order valence-electron chi connectivity index (χ3n) is 4.88. The quantitative estimate of drug-likeness (QED) is 0.370. The molecule has 0 fully saturated rings. The Bertz CT molecular complexity index is 997. The smallest absolute Gasteiger partial charge is 0.00196 e. The molecule has 0 nitrogen and oxygen atoms in total. The van der Waals surface area contributed by atoms with Crippen LogP contribution in [0.25, 0.3) is 33.0 Å². The standard InChI is InChI=1S/C23H16/c1-2-7-16(8-3-1)15-17-13-14-22-20-10-5-4-9-19(20)21-12-6-11-18(17)23(21)22/h1-14H,15H2. The van der Waals surface area contributed by atoms with E-state index >= 15 is 0 Å². The van der Waals surface area contributed by atoms with Crippen molar-refractivity contribution in [1.82, 2.24) is 0 Å². The fourth-order valence-electron chi connectivity index (χ4n) is 3.84. The fourth-order valence-corrected chi connectivity index (χ4v) is 3.84. The molecule has 4 aromatic carbocycles. The molecule has 0 unspecified atom stereocenters. The third kappa shape index (κ3) is 1.85. The molecule has 108 valence electrons. The molecule has 0 bridgehead atoms. The minimum absolute atomic E-state index is 0.984. The van der Waals surface area contributed by atoms with E-state index in [1.165, 1.54) is 44.2 Å². The van der Waals surface area contributed by atoms with Gasteiger partial charge in [0.05, 0.1) is 0 Å². The van der Waals surface area contributed by atoms with Crippen molar-refractivity contribution in [2.24, 2.45) is 0 Å². The molecule has 23 heavy (non-hydrogen) atoms. The summed E-state index contributed by atoms with van der Waals surface area (Å²) in [7, 11) is 0. The van der Waals surface area contributed by atoms with Gasteiger partial charge in [0.25, 0.3) is 0 Å². The van der Waals surface area contributed by atoms with E-state index < -0.39 is 0 Å². The van der Waals surface area contributed by atoms with E-state index in [2.05, 4.69) is 84.9 Å². The molecule has 0 amide bonds. The average Bonchev–Trinajstić information content (AvgIpc) is 2.94. The van der Waals surface area contributed by atoms with Crippen molar-refractivity contribution < 1.29 is 0 Å². The highest BCUT2D eigenvalue weighted by atomic mass is 14.2. The van der Waals surface area contributed by atoms with Gasteiger partial charge in [0.1, 0.15) is 0 Å². The molecule has 0 heterocycles. The molecule has 0 aromatic heterocycles. The second-order valence-corrected chi connectivity index (χ2v) is 6.21. The Morgan fingerprint density at radius 2 is 1.13 bits per heavy atom. The van der Waals surface area contributed by atoms with Gasteiger partial charge < -0.3 is 0 Å². The lowest BCUT2D eigenvalue weighted by molar-refractivity contribution is 1.21. The molecule has 1 aliphatic rings. The lowest BCUT2D eigenvalue weighted by atomic mass is 9.95. The topological polar surface area (TPSA) is 0 Å². The first-order chi connectivity index (χ1) is 11.4. The van der Waals surface area contributed by atoms with Gasteiger partial charge in [0.15, 0.2) is 0 Å². The molecule has 0 spiro atoms. The van der Waals surface area contributed by atoms with E-state index in [1.54, 1.807) is 0 Å². The first-order valence-electron chi connectivity index (χ1n) is 8.10. The second-order valence-electron chi connectivity index (χ2n) is 6.21. The van der Waals surface area contributed by atoms with Crippen LogP contribution in [-0.2, 0) is 6.42 Å². The summed E-state index contributed by atoms with van der Waals surface area (Å²) in [5.74, 6) is 0. The summed E-state index contributed by atoms with van der Waals surface area (Å²) in [5.41, 5.74) is 8.26. The maximum atomic E-state index is 2.30. The second kappa shape index (κ2) is 4.82. The summed E-state index contributed by atoms with van der Waals surface area (Å²) in [6.45, 7) is 0. The van der Waals surface area contributed by atoms with Gasteiger partial charge in [-0.05, 0) is 50.6 Å². The van der Waals surface area contributed by atoms with E-state index in [-0.39, 0.29) is 0 Å². The van der Waals surface area contributed by atoms with Gasteiger partial charge in [-0.25, -0.2) is 0 Å². The normalized spacial score (nSPS) is 11.7. The number of hydrogen-bond acceptors (Lipinski definition) is 0. The minimum atomic E-state index is 0.984. The van der Waals surface area contributed by atoms with Gasteiger partial charge in [-0.1, -0.05) is 84.9 Å². The Kier molecular flexibility index (Phi) is 2.65. The highest BCUT2D eigenvalue weighted by Gasteiger charge is 2.21. The van der Waals surface area contributed by atoms with Crippen LogP contribution < -0.4 is 0 Å². The zero-order valence-electron chi connectivity index (χ0n) is 12.8. The Morgan fingerprint density at radius 3 is 1.91 bits per heavy atom. The SMILES string of the molecule is c1ccc(Cc2ccc3c4c(cccc24)-c2ccccc2-3)cc1. The van der Waals surface area contributed by atoms with Crippen LogP contribution in [0.4, 0.5) is 0 Å². The minimum Gasteiger partial charge on any atom is -0.0622 e. The van der Waals surface area contributed by atoms with E-state index in [9.17, 15) is 0 Å². The average molecular weight is 292 g/mol. The predicted octanol–water partition coefficient (Wildman–Crippen LogP) is 6.08. The lowest BCUT2D eigenvalue weighted by Crippen LogP contribution is -1.90. The summed E-state index contributed by atoms with van der Waals surface area (Å²) >= 11 is 0. The van der Waals surface area contributed by atoms with Crippen molar-refractivity contribution >= 4 is 10.8 Å². The van der Waals surface area contributed by atoms with Gasteiger partial charge in [0.2, 0.25) is 0 Å². The largest absolute Gasteiger partial charge is 0.0622 e. The van der Waals surface area contributed by atoms with E-state index in [4.69, 9.17) is 0 Å². The van der Waals surface area contributed by atoms with Crippen molar-refractivity contribution in [2.45, 2.75) is 6.42 Å². The van der Waals surface area contributed by atoms with E-state index in [0.717, 1.165) is 6.42 Å². The van der Waals surface area contributed by atoms with Crippen LogP contribution in [-0.4, -0.2) is 0 Å². The Hall–Kier alpha value is -2.86. The molecule has 0 saturated heterocycles. The zero-order chi connectivity index (χ0) is 15.2. The lowest BCUT2D eigenvalue weighted by Gasteiger charge is -2.09. The van der Waals surface area contributed by atoms with Gasteiger partial charge in [-0.3, -0.25) is 0 Å². The Labute approximate surface area is 136 Å². The predicted molar refractivity (Wildman–Crippen MR) is 97.6 cm³/mol. The Morgan fingerprint density at radius 1 is 0.478 bits per heavy atom. The molecular weight excluding hydrogens is 276 g/mol. The van der Waals surface area contributed by atoms with Gasteiger partial charge >= 0.3 is 0 Å². The van der Waals surface area contributed by atoms with Crippen LogP contribution in [0.5, 0.6) is 0 Å². The molecule has 1 aliphatic carbocycles. The number of fused-ring (bicyclic) bond motifs is 3. The number of hydrogen-bond donors (Lipinski definition) is 0. The van der Waals surface area contributed by atoms with Gasteiger partial charge in [-0.15, -0.1) is 0 Å². The maximum absolute atomic E-state index is 2.30. The third-order valence-corrected chi connectivity index (χ3v) is 4.88. The molecule has 4 aromatic rings. The summed E-state index contributed by atoms with van der Waals surface area (Å²) in [4.78, 5) is 0. The van der Waals surface area contributed by atoms with Crippen LogP contribution in [0.1, 0.15) is 11.1 Å². The van der Waals surface area contributed by atoms with Gasteiger partial charge in [0, 0.05) is 0 Å². The first kappa shape index (κ1) is 12.7. The zero-order valence-corrected chi connectivity index (χ0v) is 12.8. The van der Waals surface area contributed by atoms with E-state index in [0.29, 0.717) is 0 Å². The van der Waals surface area contributed by atoms with Crippen molar-refractivity contribution in [1.29, 1.82) is 0 Å². The van der Waals surface area contributed by atoms with E-state index in [1.807, 2.05) is 0 Å². The van der Waals surface area contributed by atoms with Crippen LogP contribution in [0.2, 0.25) is 0 Å². The van der Waals surface area contributed by atoms with Gasteiger partial charge in [-0.2, -0.15) is 0 Å². The van der Waals surface area contributed by atoms with Crippen molar-refractivity contribution in [3.05, 3.63) is 96.1 Å². The van der Waals surface area contributed by atoms with Crippen molar-refractivity contribution in [3.63, 3.8) is 0 Å². The fraction of sp³-hybridized carbons (Fsp3) is 0.0435. The molecule has 0 aliphatic heterocycles. The number of benzene rings is 4. The number of rotatable bonds is 2. The Balaban J connectivity index is 1.76. The summed E-state index contributed by atoms with van der Waals surface area (Å²) in [6.07, 6.45) is 0.984. The molecule has 0 heteroatoms. The highest BCUT2D eigenvalue weighted by Crippen LogP contribution is 2.47. The molecular formula is C23H16. The molecule has 5 rings (SSSR count). The summed E-state index contributed by atoms with van der Waals surface area (Å²) in [5, 5.41) is 2.81. The van der Waals surface area contributed by atoms with Crippen molar-refractivity contribution in [2.75, 3.05) is 0 Å². The van der Waals surface area contributed by atoms with Crippen LogP contribution in [0, 0.1) is 0 Å².